The van der Waals surface area contributed by atoms with Crippen molar-refractivity contribution < 1.29 is 9.53 Å². The highest BCUT2D eigenvalue weighted by molar-refractivity contribution is 9.10. The molecule has 8 heteroatoms. The van der Waals surface area contributed by atoms with Gasteiger partial charge in [-0.1, -0.05) is 54.6 Å². The van der Waals surface area contributed by atoms with Gasteiger partial charge in [-0.05, 0) is 76.9 Å². The third-order valence-corrected chi connectivity index (χ3v) is 7.02. The number of rotatable bonds is 5. The van der Waals surface area contributed by atoms with E-state index in [1.54, 1.807) is 17.0 Å². The van der Waals surface area contributed by atoms with Crippen molar-refractivity contribution in [3.8, 4) is 5.75 Å². The van der Waals surface area contributed by atoms with E-state index in [9.17, 15) is 4.79 Å². The minimum Gasteiger partial charge on any atom is -0.488 e. The second kappa shape index (κ2) is 9.90. The number of amides is 1. The lowest BCUT2D eigenvalue weighted by Crippen LogP contribution is -2.41. The molecule has 31 heavy (non-hydrogen) atoms. The molecule has 2 aromatic carbocycles. The van der Waals surface area contributed by atoms with Crippen LogP contribution in [0.4, 0.5) is 0 Å². The fraction of sp³-hybridized carbons (Fsp3) is 0.304. The summed E-state index contributed by atoms with van der Waals surface area (Å²) in [6, 6.07) is 11.2. The van der Waals surface area contributed by atoms with Crippen LogP contribution in [0.1, 0.15) is 43.2 Å². The standard InChI is InChI=1S/C23H21BrCl2N2O2S/c24-18-10-14(6-9-21(18)30-13-15-7-8-16(25)12-19(15)26)11-20-22(29)28(23(31)27-20)17-4-2-1-3-5-17/h6-12,17H,1-5,13H2,(H,27,31)/b20-11-. The van der Waals surface area contributed by atoms with Gasteiger partial charge >= 0.3 is 0 Å². The predicted molar refractivity (Wildman–Crippen MR) is 132 cm³/mol. The molecule has 0 radical (unpaired) electrons. The van der Waals surface area contributed by atoms with Crippen molar-refractivity contribution in [1.29, 1.82) is 0 Å². The average molecular weight is 540 g/mol. The van der Waals surface area contributed by atoms with Crippen LogP contribution in [-0.2, 0) is 11.4 Å². The molecular weight excluding hydrogens is 519 g/mol. The van der Waals surface area contributed by atoms with Gasteiger partial charge in [0.15, 0.2) is 5.11 Å². The lowest BCUT2D eigenvalue weighted by atomic mass is 9.94. The largest absolute Gasteiger partial charge is 0.488 e. The van der Waals surface area contributed by atoms with Gasteiger partial charge in [-0.25, -0.2) is 0 Å². The third-order valence-electron chi connectivity index (χ3n) is 5.51. The van der Waals surface area contributed by atoms with Crippen LogP contribution >= 0.6 is 51.3 Å². The van der Waals surface area contributed by atoms with Gasteiger partial charge in [0.25, 0.3) is 5.91 Å². The van der Waals surface area contributed by atoms with Crippen molar-refractivity contribution in [2.24, 2.45) is 0 Å². The van der Waals surface area contributed by atoms with Crippen molar-refractivity contribution in [3.63, 3.8) is 0 Å². The van der Waals surface area contributed by atoms with Crippen LogP contribution in [0.15, 0.2) is 46.6 Å². The maximum atomic E-state index is 12.9. The van der Waals surface area contributed by atoms with Crippen LogP contribution in [0, 0.1) is 0 Å². The molecule has 1 saturated carbocycles. The molecule has 0 unspecified atom stereocenters. The Bertz CT molecular complexity index is 1050. The highest BCUT2D eigenvalue weighted by atomic mass is 79.9. The van der Waals surface area contributed by atoms with Gasteiger partial charge in [-0.3, -0.25) is 9.69 Å². The number of nitrogens with one attached hydrogen (secondary N) is 1. The van der Waals surface area contributed by atoms with Crippen molar-refractivity contribution in [3.05, 3.63) is 67.7 Å². The normalized spacial score (nSPS) is 18.5. The summed E-state index contributed by atoms with van der Waals surface area (Å²) in [6.07, 6.45) is 7.36. The molecular formula is C23H21BrCl2N2O2S. The second-order valence-corrected chi connectivity index (χ2v) is 9.75. The van der Waals surface area contributed by atoms with E-state index in [0.29, 0.717) is 33.2 Å². The molecule has 1 amide bonds. The molecule has 1 aliphatic carbocycles. The first-order valence-electron chi connectivity index (χ1n) is 10.1. The number of nitrogens with zero attached hydrogens (tertiary/aromatic N) is 1. The van der Waals surface area contributed by atoms with E-state index in [1.807, 2.05) is 30.3 Å². The van der Waals surface area contributed by atoms with E-state index in [2.05, 4.69) is 21.2 Å². The van der Waals surface area contributed by atoms with Crippen LogP contribution in [-0.4, -0.2) is 22.0 Å². The Morgan fingerprint density at radius 1 is 1.16 bits per heavy atom. The summed E-state index contributed by atoms with van der Waals surface area (Å²) in [5.74, 6) is 0.629. The lowest BCUT2D eigenvalue weighted by Gasteiger charge is -2.29. The van der Waals surface area contributed by atoms with Crippen molar-refractivity contribution in [2.75, 3.05) is 0 Å². The first kappa shape index (κ1) is 22.6. The van der Waals surface area contributed by atoms with E-state index in [4.69, 9.17) is 40.2 Å². The summed E-state index contributed by atoms with van der Waals surface area (Å²) >= 11 is 21.1. The van der Waals surface area contributed by atoms with Crippen molar-refractivity contribution >= 4 is 68.4 Å². The summed E-state index contributed by atoms with van der Waals surface area (Å²) in [5.41, 5.74) is 2.22. The molecule has 2 fully saturated rings. The first-order valence-corrected chi connectivity index (χ1v) is 12.1. The Balaban J connectivity index is 1.45. The molecule has 1 saturated heterocycles. The number of carbonyl (C=O) groups excluding carboxylic acids is 1. The molecule has 0 aromatic heterocycles. The molecule has 0 bridgehead atoms. The van der Waals surface area contributed by atoms with Gasteiger partial charge in [0.2, 0.25) is 0 Å². The Kier molecular flexibility index (Phi) is 7.22. The fourth-order valence-corrected chi connectivity index (χ4v) is 5.22. The smallest absolute Gasteiger partial charge is 0.276 e. The Morgan fingerprint density at radius 3 is 2.65 bits per heavy atom. The molecule has 0 atom stereocenters. The Morgan fingerprint density at radius 2 is 1.94 bits per heavy atom. The van der Waals surface area contributed by atoms with Gasteiger partial charge in [0.1, 0.15) is 18.1 Å². The van der Waals surface area contributed by atoms with Gasteiger partial charge in [-0.15, -0.1) is 0 Å². The number of halogens is 3. The molecule has 1 N–H and O–H groups in total. The molecule has 1 heterocycles. The summed E-state index contributed by atoms with van der Waals surface area (Å²) in [4.78, 5) is 14.7. The maximum Gasteiger partial charge on any atom is 0.276 e. The van der Waals surface area contributed by atoms with E-state index in [0.717, 1.165) is 41.3 Å². The molecule has 2 aromatic rings. The third kappa shape index (κ3) is 5.25. The molecule has 0 spiro atoms. The number of hydrogen-bond acceptors (Lipinski definition) is 3. The van der Waals surface area contributed by atoms with E-state index < -0.39 is 0 Å². The predicted octanol–water partition coefficient (Wildman–Crippen LogP) is 6.73. The van der Waals surface area contributed by atoms with Gasteiger partial charge in [-0.2, -0.15) is 0 Å². The number of hydrogen-bond donors (Lipinski definition) is 1. The minimum absolute atomic E-state index is 0.0503. The zero-order valence-corrected chi connectivity index (χ0v) is 20.6. The zero-order valence-electron chi connectivity index (χ0n) is 16.7. The van der Waals surface area contributed by atoms with Gasteiger partial charge in [0.05, 0.1) is 4.47 Å². The van der Waals surface area contributed by atoms with E-state index in [1.165, 1.54) is 6.42 Å². The molecule has 4 rings (SSSR count). The Labute approximate surface area is 205 Å². The van der Waals surface area contributed by atoms with Crippen LogP contribution < -0.4 is 10.1 Å². The van der Waals surface area contributed by atoms with Crippen LogP contribution in [0.2, 0.25) is 10.0 Å². The number of ether oxygens (including phenoxy) is 1. The summed E-state index contributed by atoms with van der Waals surface area (Å²) in [6.45, 7) is 0.319. The van der Waals surface area contributed by atoms with E-state index >= 15 is 0 Å². The van der Waals surface area contributed by atoms with Gasteiger partial charge in [0, 0.05) is 21.7 Å². The van der Waals surface area contributed by atoms with Crippen molar-refractivity contribution in [1.82, 2.24) is 10.2 Å². The highest BCUT2D eigenvalue weighted by Gasteiger charge is 2.36. The molecule has 2 aliphatic rings. The quantitative estimate of drug-likeness (QED) is 0.338. The van der Waals surface area contributed by atoms with Gasteiger partial charge < -0.3 is 10.1 Å². The summed E-state index contributed by atoms with van der Waals surface area (Å²) in [5, 5.41) is 4.74. The average Bonchev–Trinajstić information content (AvgIpc) is 3.02. The van der Waals surface area contributed by atoms with Crippen LogP contribution in [0.5, 0.6) is 5.75 Å². The molecule has 4 nitrogen and oxygen atoms in total. The number of benzene rings is 2. The SMILES string of the molecule is O=C1/C(=C/c2ccc(OCc3ccc(Cl)cc3Cl)c(Br)c2)NC(=S)N1C1CCCCC1. The summed E-state index contributed by atoms with van der Waals surface area (Å²) < 4.78 is 6.68. The minimum atomic E-state index is -0.0503. The lowest BCUT2D eigenvalue weighted by molar-refractivity contribution is -0.124. The van der Waals surface area contributed by atoms with Crippen molar-refractivity contribution in [2.45, 2.75) is 44.8 Å². The van der Waals surface area contributed by atoms with E-state index in [-0.39, 0.29) is 11.9 Å². The monoisotopic (exact) mass is 538 g/mol. The summed E-state index contributed by atoms with van der Waals surface area (Å²) in [7, 11) is 0. The Hall–Kier alpha value is -1.60. The maximum absolute atomic E-state index is 12.9. The number of carbonyl (C=O) groups is 1. The molecule has 1 aliphatic heterocycles. The fourth-order valence-electron chi connectivity index (χ4n) is 3.90. The number of thiocarbonyl (C=S) groups is 1. The highest BCUT2D eigenvalue weighted by Crippen LogP contribution is 2.31. The molecule has 162 valence electrons. The first-order chi connectivity index (χ1) is 14.9. The topological polar surface area (TPSA) is 41.6 Å². The second-order valence-electron chi connectivity index (χ2n) is 7.67. The van der Waals surface area contributed by atoms with Crippen LogP contribution in [0.3, 0.4) is 0 Å². The van der Waals surface area contributed by atoms with Crippen LogP contribution in [0.25, 0.3) is 6.08 Å². The zero-order chi connectivity index (χ0) is 22.0.